The molecule has 0 saturated heterocycles. The van der Waals surface area contributed by atoms with Gasteiger partial charge in [-0.15, -0.1) is 0 Å². The first kappa shape index (κ1) is 8.99. The second-order valence-electron chi connectivity index (χ2n) is 0.283. The Balaban J connectivity index is -0.0000000450. The summed E-state index contributed by atoms with van der Waals surface area (Å²) in [4.78, 5) is 8.56. The summed E-state index contributed by atoms with van der Waals surface area (Å²) in [6.45, 7) is 0. The van der Waals surface area contributed by atoms with Crippen molar-refractivity contribution in [1.82, 2.24) is 0 Å². The molecule has 0 heterocycles. The van der Waals surface area contributed by atoms with Crippen LogP contribution in [0.25, 0.3) is 0 Å². The normalized spacial score (nSPS) is 4.80. The second-order valence-corrected chi connectivity index (χ2v) is 0.283. The van der Waals surface area contributed by atoms with Crippen molar-refractivity contribution in [3.8, 4) is 0 Å². The van der Waals surface area contributed by atoms with Gasteiger partial charge in [-0.2, -0.15) is 0 Å². The molecule has 0 saturated carbocycles. The summed E-state index contributed by atoms with van der Waals surface area (Å²) < 4.78 is 0. The first-order valence-corrected chi connectivity index (χ1v) is 0.651. The molecule has 0 radical (unpaired) electrons. The molecular weight excluding hydrogens is 83.0 g/mol. The van der Waals surface area contributed by atoms with Crippen LogP contribution in [0.2, 0.25) is 0 Å². The number of carboxylic acid groups (broad SMARTS) is 2. The van der Waals surface area contributed by atoms with Crippen molar-refractivity contribution in [3.63, 3.8) is 0 Å². The molecule has 3 nitrogen and oxygen atoms in total. The minimum Gasteiger partial charge on any atom is -0.450 e. The van der Waals surface area contributed by atoms with E-state index in [0.29, 0.717) is 0 Å². The first-order chi connectivity index (χ1) is 1.73. The van der Waals surface area contributed by atoms with Crippen LogP contribution in [0.5, 0.6) is 0 Å². The van der Waals surface area contributed by atoms with Crippen LogP contribution in [-0.4, -0.2) is 16.4 Å². The predicted molar refractivity (Wildman–Crippen MR) is 11.8 cm³/mol. The Morgan fingerprint density at radius 3 is 1.60 bits per heavy atom. The van der Waals surface area contributed by atoms with Gasteiger partial charge in [0.05, 0.1) is 0 Å². The Kier molecular flexibility index (Phi) is 7.67. The fourth-order valence-corrected chi connectivity index (χ4v) is 0. The third-order valence-electron chi connectivity index (χ3n) is 0. The molecule has 2 N–H and O–H groups in total. The molecule has 0 bridgehead atoms. The molecule has 0 aliphatic carbocycles. The fraction of sp³-hybridized carbons (Fsp3) is 0. The molecule has 0 aromatic heterocycles. The Hall–Kier alpha value is 0.270. The minimum absolute atomic E-state index is 0. The quantitative estimate of drug-likeness (QED) is 0.316. The van der Waals surface area contributed by atoms with Gasteiger partial charge >= 0.3 is 37.1 Å². The van der Waals surface area contributed by atoms with Crippen molar-refractivity contribution in [3.05, 3.63) is 0 Å². The smallest absolute Gasteiger partial charge is 0.450 e. The summed E-state index contributed by atoms with van der Waals surface area (Å²) >= 11 is 0. The summed E-state index contributed by atoms with van der Waals surface area (Å²) in [5.41, 5.74) is 0. The van der Waals surface area contributed by atoms with Gasteiger partial charge in [0, 0.05) is 0 Å². The zero-order chi connectivity index (χ0) is 3.58. The third-order valence-corrected chi connectivity index (χ3v) is 0. The Labute approximate surface area is 52.4 Å². The number of hydrogen-bond acceptors (Lipinski definition) is 1. The molecule has 0 rings (SSSR count). The van der Waals surface area contributed by atoms with Crippen LogP contribution in [0, 0.1) is 0 Å². The molecule has 0 amide bonds. The monoisotopic (exact) mass is 86.0 g/mol. The Morgan fingerprint density at radius 2 is 1.60 bits per heavy atom. The van der Waals surface area contributed by atoms with Gasteiger partial charge in [-0.1, -0.05) is 0 Å². The van der Waals surface area contributed by atoms with Gasteiger partial charge in [0.15, 0.2) is 0 Å². The largest absolute Gasteiger partial charge is 1.00 e. The van der Waals surface area contributed by atoms with E-state index < -0.39 is 6.16 Å². The van der Waals surface area contributed by atoms with E-state index in [1.807, 2.05) is 0 Å². The Morgan fingerprint density at radius 1 is 1.60 bits per heavy atom. The van der Waals surface area contributed by atoms with Crippen molar-refractivity contribution in [1.29, 1.82) is 0 Å². The summed E-state index contributed by atoms with van der Waals surface area (Å²) in [5, 5.41) is 13.9. The van der Waals surface area contributed by atoms with Crippen LogP contribution in [0.1, 0.15) is 1.43 Å². The zero-order valence-electron chi connectivity index (χ0n) is 3.80. The standard InChI is InChI=1S/CH2O3.Na/c2-1(3)4;/h(H2,2,3,4);/q;+1/p+1. The van der Waals surface area contributed by atoms with Crippen molar-refractivity contribution < 1.29 is 46.0 Å². The van der Waals surface area contributed by atoms with Crippen molar-refractivity contribution in [2.24, 2.45) is 0 Å². The number of rotatable bonds is 0. The minimum atomic E-state index is -1.83. The van der Waals surface area contributed by atoms with E-state index in [1.54, 1.807) is 0 Å². The van der Waals surface area contributed by atoms with Crippen LogP contribution < -0.4 is 29.6 Å². The van der Waals surface area contributed by atoms with E-state index in [-0.39, 0.29) is 31.0 Å². The maximum absolute atomic E-state index is 8.56. The first-order valence-electron chi connectivity index (χ1n) is 0.651. The molecule has 24 valence electrons. The van der Waals surface area contributed by atoms with Gasteiger partial charge in [0.1, 0.15) is 0 Å². The van der Waals surface area contributed by atoms with E-state index in [0.717, 1.165) is 0 Å². The molecule has 0 unspecified atom stereocenters. The van der Waals surface area contributed by atoms with Crippen LogP contribution in [-0.2, 0) is 0 Å². The third kappa shape index (κ3) is 302. The molecule has 0 aliphatic heterocycles. The maximum Gasteiger partial charge on any atom is 1.00 e. The molecule has 0 fully saturated rings. The maximum atomic E-state index is 8.56. The van der Waals surface area contributed by atoms with Gasteiger partial charge in [0.2, 0.25) is 0 Å². The topological polar surface area (TPSA) is 57.5 Å². The van der Waals surface area contributed by atoms with Gasteiger partial charge < -0.3 is 10.2 Å². The Bertz CT molecular complexity index is 33.8. The van der Waals surface area contributed by atoms with Crippen LogP contribution in [0.4, 0.5) is 4.79 Å². The summed E-state index contributed by atoms with van der Waals surface area (Å²) in [5.74, 6) is 0. The number of carbonyl (C=O) groups is 1. The van der Waals surface area contributed by atoms with E-state index in [9.17, 15) is 0 Å². The van der Waals surface area contributed by atoms with Gasteiger partial charge in [0.25, 0.3) is 0 Å². The van der Waals surface area contributed by atoms with Gasteiger partial charge in [-0.3, -0.25) is 0 Å². The average molecular weight is 86.0 g/mol. The molecule has 5 heavy (non-hydrogen) atoms. The molecule has 4 heteroatoms. The molecule has 0 spiro atoms. The average Bonchev–Trinajstić information content (AvgIpc) is 0.811. The second kappa shape index (κ2) is 4.27. The van der Waals surface area contributed by atoms with E-state index in [4.69, 9.17) is 15.0 Å². The van der Waals surface area contributed by atoms with E-state index >= 15 is 0 Å². The zero-order valence-corrected chi connectivity index (χ0v) is 4.80. The molecular formula is CH3NaO3+2. The van der Waals surface area contributed by atoms with E-state index in [1.165, 1.54) is 0 Å². The predicted octanol–water partition coefficient (Wildman–Crippen LogP) is -2.66. The fourth-order valence-electron chi connectivity index (χ4n) is 0. The van der Waals surface area contributed by atoms with Crippen LogP contribution in [0.15, 0.2) is 0 Å². The van der Waals surface area contributed by atoms with Crippen molar-refractivity contribution in [2.45, 2.75) is 0 Å². The van der Waals surface area contributed by atoms with Crippen molar-refractivity contribution >= 4 is 6.16 Å². The van der Waals surface area contributed by atoms with Crippen molar-refractivity contribution in [2.75, 3.05) is 0 Å². The van der Waals surface area contributed by atoms with Gasteiger partial charge in [-0.25, -0.2) is 4.79 Å². The summed E-state index contributed by atoms with van der Waals surface area (Å²) in [6, 6.07) is 0. The molecule has 0 aliphatic rings. The molecule has 0 aromatic rings. The van der Waals surface area contributed by atoms with Crippen LogP contribution in [0.3, 0.4) is 0 Å². The van der Waals surface area contributed by atoms with Crippen LogP contribution >= 0.6 is 0 Å². The van der Waals surface area contributed by atoms with E-state index in [2.05, 4.69) is 0 Å². The number of hydrogen-bond donors (Lipinski definition) is 2. The molecule has 0 atom stereocenters. The summed E-state index contributed by atoms with van der Waals surface area (Å²) in [7, 11) is 0. The SMILES string of the molecule is O=C(O)O.[H+].[Na+]. The summed E-state index contributed by atoms with van der Waals surface area (Å²) in [6.07, 6.45) is -1.83. The van der Waals surface area contributed by atoms with Gasteiger partial charge in [-0.05, 0) is 0 Å². The molecule has 0 aromatic carbocycles.